The highest BCUT2D eigenvalue weighted by molar-refractivity contribution is 6.32. The third-order valence-corrected chi connectivity index (χ3v) is 5.11. The fourth-order valence-electron chi connectivity index (χ4n) is 3.60. The number of halogens is 2. The van der Waals surface area contributed by atoms with E-state index in [1.165, 1.54) is 32.2 Å². The number of piperidine rings is 2. The normalized spacial score (nSPS) is 27.9. The van der Waals surface area contributed by atoms with Crippen LogP contribution in [0.2, 0.25) is 10.2 Å². The summed E-state index contributed by atoms with van der Waals surface area (Å²) in [6.45, 7) is 5.40. The molecule has 0 bridgehead atoms. The summed E-state index contributed by atoms with van der Waals surface area (Å²) in [5.74, 6) is 0. The van der Waals surface area contributed by atoms with Gasteiger partial charge in [-0.2, -0.15) is 0 Å². The van der Waals surface area contributed by atoms with Gasteiger partial charge in [-0.05, 0) is 56.3 Å². The zero-order valence-electron chi connectivity index (χ0n) is 11.7. The van der Waals surface area contributed by atoms with Crippen molar-refractivity contribution in [1.82, 2.24) is 15.2 Å². The van der Waals surface area contributed by atoms with Crippen molar-refractivity contribution < 1.29 is 0 Å². The Labute approximate surface area is 130 Å². The van der Waals surface area contributed by atoms with Gasteiger partial charge in [0.1, 0.15) is 5.15 Å². The summed E-state index contributed by atoms with van der Waals surface area (Å²) in [7, 11) is 0. The quantitative estimate of drug-likeness (QED) is 0.849. The Bertz CT molecular complexity index is 467. The van der Waals surface area contributed by atoms with Crippen molar-refractivity contribution in [3.8, 4) is 0 Å². The minimum atomic E-state index is 0.460. The summed E-state index contributed by atoms with van der Waals surface area (Å²) in [4.78, 5) is 6.86. The van der Waals surface area contributed by atoms with E-state index in [2.05, 4.69) is 15.2 Å². The van der Waals surface area contributed by atoms with Crippen molar-refractivity contribution in [2.45, 2.75) is 32.2 Å². The van der Waals surface area contributed by atoms with Crippen LogP contribution in [0.25, 0.3) is 0 Å². The molecule has 0 saturated carbocycles. The molecule has 2 aliphatic rings. The molecule has 0 aromatic carbocycles. The van der Waals surface area contributed by atoms with Crippen LogP contribution in [-0.2, 0) is 6.54 Å². The van der Waals surface area contributed by atoms with E-state index in [4.69, 9.17) is 23.2 Å². The summed E-state index contributed by atoms with van der Waals surface area (Å²) in [5, 5.41) is 4.80. The van der Waals surface area contributed by atoms with Crippen molar-refractivity contribution in [2.24, 2.45) is 5.41 Å². The molecule has 3 nitrogen and oxygen atoms in total. The highest BCUT2D eigenvalue weighted by Gasteiger charge is 2.36. The van der Waals surface area contributed by atoms with E-state index < -0.39 is 0 Å². The monoisotopic (exact) mass is 313 g/mol. The van der Waals surface area contributed by atoms with Crippen molar-refractivity contribution in [2.75, 3.05) is 26.2 Å². The predicted molar refractivity (Wildman–Crippen MR) is 83.3 cm³/mol. The third-order valence-electron chi connectivity index (χ3n) is 4.56. The highest BCUT2D eigenvalue weighted by Crippen LogP contribution is 2.36. The maximum Gasteiger partial charge on any atom is 0.129 e. The molecule has 1 aromatic rings. The molecule has 1 N–H and O–H groups in total. The molecule has 2 fully saturated rings. The van der Waals surface area contributed by atoms with E-state index in [0.29, 0.717) is 10.6 Å². The van der Waals surface area contributed by atoms with Crippen LogP contribution < -0.4 is 5.32 Å². The molecule has 110 valence electrons. The highest BCUT2D eigenvalue weighted by atomic mass is 35.5. The van der Waals surface area contributed by atoms with Crippen LogP contribution in [0, 0.1) is 5.41 Å². The number of hydrogen-bond acceptors (Lipinski definition) is 3. The van der Waals surface area contributed by atoms with E-state index in [1.54, 1.807) is 6.07 Å². The third kappa shape index (κ3) is 3.28. The number of rotatable bonds is 2. The zero-order valence-corrected chi connectivity index (χ0v) is 13.2. The average molecular weight is 314 g/mol. The molecule has 3 heterocycles. The van der Waals surface area contributed by atoms with E-state index in [-0.39, 0.29) is 0 Å². The van der Waals surface area contributed by atoms with Crippen LogP contribution >= 0.6 is 23.2 Å². The van der Waals surface area contributed by atoms with Crippen LogP contribution in [0.5, 0.6) is 0 Å². The molecule has 0 amide bonds. The molecule has 2 aliphatic heterocycles. The Hall–Kier alpha value is -0.350. The fourth-order valence-corrected chi connectivity index (χ4v) is 3.93. The van der Waals surface area contributed by atoms with Gasteiger partial charge in [0.05, 0.1) is 10.7 Å². The topological polar surface area (TPSA) is 28.2 Å². The number of nitrogens with zero attached hydrogens (tertiary/aromatic N) is 2. The molecule has 0 radical (unpaired) electrons. The molecule has 1 unspecified atom stereocenters. The molecule has 0 aliphatic carbocycles. The number of likely N-dealkylation sites (tertiary alicyclic amines) is 1. The fraction of sp³-hybridized carbons (Fsp3) is 0.667. The number of hydrogen-bond donors (Lipinski definition) is 1. The van der Waals surface area contributed by atoms with Crippen LogP contribution in [-0.4, -0.2) is 36.1 Å². The Morgan fingerprint density at radius 3 is 2.90 bits per heavy atom. The molecule has 1 atom stereocenters. The van der Waals surface area contributed by atoms with Gasteiger partial charge in [0, 0.05) is 19.6 Å². The maximum absolute atomic E-state index is 6.23. The minimum absolute atomic E-state index is 0.460. The van der Waals surface area contributed by atoms with Gasteiger partial charge >= 0.3 is 0 Å². The Morgan fingerprint density at radius 1 is 1.25 bits per heavy atom. The first-order chi connectivity index (χ1) is 9.67. The lowest BCUT2D eigenvalue weighted by atomic mass is 9.74. The summed E-state index contributed by atoms with van der Waals surface area (Å²) in [6.07, 6.45) is 5.24. The second-order valence-corrected chi connectivity index (χ2v) is 6.95. The Morgan fingerprint density at radius 2 is 2.10 bits per heavy atom. The van der Waals surface area contributed by atoms with Gasteiger partial charge in [0.2, 0.25) is 0 Å². The van der Waals surface area contributed by atoms with Gasteiger partial charge in [-0.3, -0.25) is 4.90 Å². The summed E-state index contributed by atoms with van der Waals surface area (Å²) in [6, 6.07) is 3.59. The molecule has 5 heteroatoms. The first kappa shape index (κ1) is 14.6. The Kier molecular flexibility index (Phi) is 4.51. The second kappa shape index (κ2) is 6.18. The van der Waals surface area contributed by atoms with E-state index >= 15 is 0 Å². The molecular weight excluding hydrogens is 293 g/mol. The standard InChI is InChI=1S/C15H21Cl2N3/c16-12-3-4-14(17)19-13(12)9-20-8-2-6-15(11-20)5-1-7-18-10-15/h3-4,18H,1-2,5-11H2. The molecule has 1 spiro atoms. The van der Waals surface area contributed by atoms with Crippen molar-refractivity contribution in [1.29, 1.82) is 0 Å². The van der Waals surface area contributed by atoms with Gasteiger partial charge in [-0.25, -0.2) is 4.98 Å². The smallest absolute Gasteiger partial charge is 0.129 e. The van der Waals surface area contributed by atoms with Crippen LogP contribution in [0.15, 0.2) is 12.1 Å². The summed E-state index contributed by atoms with van der Waals surface area (Å²) >= 11 is 12.2. The van der Waals surface area contributed by atoms with Crippen molar-refractivity contribution in [3.63, 3.8) is 0 Å². The lowest BCUT2D eigenvalue weighted by Crippen LogP contribution is -2.50. The van der Waals surface area contributed by atoms with E-state index in [0.717, 1.165) is 36.9 Å². The van der Waals surface area contributed by atoms with Gasteiger partial charge in [-0.1, -0.05) is 23.2 Å². The first-order valence-corrected chi connectivity index (χ1v) is 8.17. The molecule has 3 rings (SSSR count). The summed E-state index contributed by atoms with van der Waals surface area (Å²) in [5.41, 5.74) is 1.36. The average Bonchev–Trinajstić information content (AvgIpc) is 2.44. The van der Waals surface area contributed by atoms with Crippen LogP contribution in [0.1, 0.15) is 31.4 Å². The van der Waals surface area contributed by atoms with Gasteiger partial charge in [0.25, 0.3) is 0 Å². The van der Waals surface area contributed by atoms with Gasteiger partial charge in [-0.15, -0.1) is 0 Å². The number of aromatic nitrogens is 1. The zero-order chi connectivity index (χ0) is 14.0. The lowest BCUT2D eigenvalue weighted by Gasteiger charge is -2.45. The number of pyridine rings is 1. The molecular formula is C15H21Cl2N3. The SMILES string of the molecule is Clc1ccc(Cl)c(CN2CCCC3(CCCNC3)C2)n1. The Balaban J connectivity index is 1.69. The largest absolute Gasteiger partial charge is 0.316 e. The van der Waals surface area contributed by atoms with Crippen LogP contribution in [0.3, 0.4) is 0 Å². The van der Waals surface area contributed by atoms with Crippen LogP contribution in [0.4, 0.5) is 0 Å². The minimum Gasteiger partial charge on any atom is -0.316 e. The molecule has 1 aromatic heterocycles. The van der Waals surface area contributed by atoms with E-state index in [9.17, 15) is 0 Å². The summed E-state index contributed by atoms with van der Waals surface area (Å²) < 4.78 is 0. The van der Waals surface area contributed by atoms with Gasteiger partial charge in [0.15, 0.2) is 0 Å². The maximum atomic E-state index is 6.23. The van der Waals surface area contributed by atoms with Crippen molar-refractivity contribution in [3.05, 3.63) is 28.0 Å². The first-order valence-electron chi connectivity index (χ1n) is 7.41. The number of nitrogens with one attached hydrogen (secondary N) is 1. The molecule has 2 saturated heterocycles. The van der Waals surface area contributed by atoms with Crippen molar-refractivity contribution >= 4 is 23.2 Å². The predicted octanol–water partition coefficient (Wildman–Crippen LogP) is 3.35. The molecule has 20 heavy (non-hydrogen) atoms. The van der Waals surface area contributed by atoms with E-state index in [1.807, 2.05) is 6.07 Å². The van der Waals surface area contributed by atoms with Gasteiger partial charge < -0.3 is 5.32 Å². The second-order valence-electron chi connectivity index (χ2n) is 6.16. The lowest BCUT2D eigenvalue weighted by molar-refractivity contribution is 0.0594.